The van der Waals surface area contributed by atoms with Crippen LogP contribution in [0.4, 0.5) is 4.79 Å². The van der Waals surface area contributed by atoms with Crippen LogP contribution < -0.4 is 4.74 Å². The minimum Gasteiger partial charge on any atom is -0.485 e. The highest BCUT2D eigenvalue weighted by Crippen LogP contribution is 2.24. The highest BCUT2D eigenvalue weighted by atomic mass is 16.5. The first-order chi connectivity index (χ1) is 15.0. The molecule has 9 nitrogen and oxygen atoms in total. The zero-order valence-electron chi connectivity index (χ0n) is 17.5. The Morgan fingerprint density at radius 3 is 2.39 bits per heavy atom. The number of hydrogen-bond donors (Lipinski definition) is 0. The lowest BCUT2D eigenvalue weighted by molar-refractivity contribution is -0.142. The second-order valence-corrected chi connectivity index (χ2v) is 6.59. The van der Waals surface area contributed by atoms with Crippen molar-refractivity contribution in [2.24, 2.45) is 0 Å². The summed E-state index contributed by atoms with van der Waals surface area (Å²) in [5.74, 6) is 0.912. The van der Waals surface area contributed by atoms with Gasteiger partial charge in [-0.3, -0.25) is 9.69 Å². The molecular formula is C22H23N3O6. The molecular weight excluding hydrogens is 402 g/mol. The van der Waals surface area contributed by atoms with E-state index in [1.54, 1.807) is 31.2 Å². The SMILES string of the molecule is COC(=O)CN(C(=O)OC)C(C)c1ccc(OCc2noc(-c3ccccc3)n2)cc1. The molecule has 0 aliphatic heterocycles. The predicted molar refractivity (Wildman–Crippen MR) is 110 cm³/mol. The summed E-state index contributed by atoms with van der Waals surface area (Å²) in [6.07, 6.45) is -0.621. The van der Waals surface area contributed by atoms with E-state index in [-0.39, 0.29) is 13.2 Å². The summed E-state index contributed by atoms with van der Waals surface area (Å²) in [4.78, 5) is 29.3. The average Bonchev–Trinajstić information content (AvgIpc) is 3.30. The third-order valence-corrected chi connectivity index (χ3v) is 4.62. The van der Waals surface area contributed by atoms with E-state index in [0.29, 0.717) is 17.5 Å². The normalized spacial score (nSPS) is 11.5. The largest absolute Gasteiger partial charge is 0.485 e. The van der Waals surface area contributed by atoms with Crippen LogP contribution in [0.3, 0.4) is 0 Å². The number of rotatable bonds is 8. The third-order valence-electron chi connectivity index (χ3n) is 4.62. The zero-order valence-corrected chi connectivity index (χ0v) is 17.5. The van der Waals surface area contributed by atoms with Gasteiger partial charge in [-0.15, -0.1) is 0 Å². The summed E-state index contributed by atoms with van der Waals surface area (Å²) in [5.41, 5.74) is 1.63. The molecule has 0 fully saturated rings. The maximum atomic E-state index is 12.1. The molecule has 9 heteroatoms. The maximum absolute atomic E-state index is 12.1. The van der Waals surface area contributed by atoms with Crippen LogP contribution in [0.15, 0.2) is 59.1 Å². The molecule has 1 unspecified atom stereocenters. The molecule has 3 rings (SSSR count). The number of aromatic nitrogens is 2. The molecule has 1 aromatic heterocycles. The minimum absolute atomic E-state index is 0.141. The highest BCUT2D eigenvalue weighted by Gasteiger charge is 2.25. The van der Waals surface area contributed by atoms with E-state index in [0.717, 1.165) is 11.1 Å². The molecule has 0 saturated carbocycles. The van der Waals surface area contributed by atoms with E-state index >= 15 is 0 Å². The van der Waals surface area contributed by atoms with Gasteiger partial charge in [0, 0.05) is 5.56 Å². The van der Waals surface area contributed by atoms with Crippen molar-refractivity contribution in [2.45, 2.75) is 19.6 Å². The molecule has 31 heavy (non-hydrogen) atoms. The fourth-order valence-corrected chi connectivity index (χ4v) is 2.86. The molecule has 0 aliphatic rings. The monoisotopic (exact) mass is 425 g/mol. The van der Waals surface area contributed by atoms with Gasteiger partial charge in [-0.25, -0.2) is 4.79 Å². The molecule has 3 aromatic rings. The Morgan fingerprint density at radius 1 is 1.03 bits per heavy atom. The number of carbonyl (C=O) groups excluding carboxylic acids is 2. The number of amides is 1. The molecule has 0 bridgehead atoms. The van der Waals surface area contributed by atoms with Crippen molar-refractivity contribution in [1.82, 2.24) is 15.0 Å². The molecule has 0 spiro atoms. The van der Waals surface area contributed by atoms with Gasteiger partial charge >= 0.3 is 12.1 Å². The summed E-state index contributed by atoms with van der Waals surface area (Å²) in [6, 6.07) is 16.2. The number of methoxy groups -OCH3 is 2. The molecule has 0 N–H and O–H groups in total. The Kier molecular flexibility index (Phi) is 7.21. The Labute approximate surface area is 179 Å². The van der Waals surface area contributed by atoms with Gasteiger partial charge in [-0.2, -0.15) is 4.98 Å². The van der Waals surface area contributed by atoms with Crippen LogP contribution in [0, 0.1) is 0 Å². The standard InChI is InChI=1S/C22H23N3O6/c1-15(25(22(27)29-3)13-20(26)28-2)16-9-11-18(12-10-16)30-14-19-23-21(31-24-19)17-7-5-4-6-8-17/h4-12,15H,13-14H2,1-3H3. The second-order valence-electron chi connectivity index (χ2n) is 6.59. The number of nitrogens with zero attached hydrogens (tertiary/aromatic N) is 3. The molecule has 1 amide bonds. The van der Waals surface area contributed by atoms with Crippen LogP contribution in [0.1, 0.15) is 24.4 Å². The van der Waals surface area contributed by atoms with E-state index in [4.69, 9.17) is 14.0 Å². The molecule has 1 atom stereocenters. The van der Waals surface area contributed by atoms with Gasteiger partial charge in [0.25, 0.3) is 5.89 Å². The summed E-state index contributed by atoms with van der Waals surface area (Å²) >= 11 is 0. The van der Waals surface area contributed by atoms with Crippen LogP contribution in [0.2, 0.25) is 0 Å². The number of hydrogen-bond acceptors (Lipinski definition) is 8. The van der Waals surface area contributed by atoms with Crippen molar-refractivity contribution >= 4 is 12.1 Å². The first kappa shape index (κ1) is 21.8. The third kappa shape index (κ3) is 5.59. The van der Waals surface area contributed by atoms with E-state index < -0.39 is 18.1 Å². The fourth-order valence-electron chi connectivity index (χ4n) is 2.86. The van der Waals surface area contributed by atoms with Gasteiger partial charge in [0.2, 0.25) is 5.82 Å². The Bertz CT molecular complexity index is 1000. The second kappa shape index (κ2) is 10.2. The first-order valence-electron chi connectivity index (χ1n) is 9.54. The summed E-state index contributed by atoms with van der Waals surface area (Å²) in [7, 11) is 2.53. The first-order valence-corrected chi connectivity index (χ1v) is 9.54. The van der Waals surface area contributed by atoms with Crippen molar-refractivity contribution in [2.75, 3.05) is 20.8 Å². The number of benzene rings is 2. The van der Waals surface area contributed by atoms with Gasteiger partial charge < -0.3 is 18.7 Å². The molecule has 162 valence electrons. The summed E-state index contributed by atoms with van der Waals surface area (Å²) in [5, 5.41) is 3.93. The number of carbonyl (C=O) groups is 2. The topological polar surface area (TPSA) is 104 Å². The van der Waals surface area contributed by atoms with Gasteiger partial charge in [-0.05, 0) is 36.8 Å². The van der Waals surface area contributed by atoms with E-state index in [1.807, 2.05) is 30.3 Å². The van der Waals surface area contributed by atoms with Crippen LogP contribution in [0.25, 0.3) is 11.5 Å². The van der Waals surface area contributed by atoms with Crippen LogP contribution >= 0.6 is 0 Å². The predicted octanol–water partition coefficient (Wildman–Crippen LogP) is 3.62. The van der Waals surface area contributed by atoms with E-state index in [9.17, 15) is 9.59 Å². The number of esters is 1. The lowest BCUT2D eigenvalue weighted by Crippen LogP contribution is -2.38. The summed E-state index contributed by atoms with van der Waals surface area (Å²) < 4.78 is 20.4. The van der Waals surface area contributed by atoms with E-state index in [2.05, 4.69) is 14.9 Å². The lowest BCUT2D eigenvalue weighted by atomic mass is 10.1. The highest BCUT2D eigenvalue weighted by molar-refractivity contribution is 5.78. The molecule has 0 aliphatic carbocycles. The van der Waals surface area contributed by atoms with Crippen molar-refractivity contribution in [3.8, 4) is 17.2 Å². The van der Waals surface area contributed by atoms with Crippen LogP contribution in [-0.4, -0.2) is 47.9 Å². The van der Waals surface area contributed by atoms with Crippen molar-refractivity contribution in [3.05, 3.63) is 66.0 Å². The van der Waals surface area contributed by atoms with Gasteiger partial charge in [0.05, 0.1) is 20.3 Å². The van der Waals surface area contributed by atoms with Crippen LogP contribution in [-0.2, 0) is 20.9 Å². The van der Waals surface area contributed by atoms with Crippen LogP contribution in [0.5, 0.6) is 5.75 Å². The lowest BCUT2D eigenvalue weighted by Gasteiger charge is -2.27. The molecule has 2 aromatic carbocycles. The van der Waals surface area contributed by atoms with Crippen molar-refractivity contribution in [3.63, 3.8) is 0 Å². The Hall–Kier alpha value is -3.88. The Balaban J connectivity index is 1.62. The minimum atomic E-state index is -0.621. The molecule has 0 radical (unpaired) electrons. The zero-order chi connectivity index (χ0) is 22.2. The smallest absolute Gasteiger partial charge is 0.410 e. The van der Waals surface area contributed by atoms with Crippen molar-refractivity contribution in [1.29, 1.82) is 0 Å². The maximum Gasteiger partial charge on any atom is 0.410 e. The molecule has 1 heterocycles. The van der Waals surface area contributed by atoms with Gasteiger partial charge in [0.15, 0.2) is 6.61 Å². The quantitative estimate of drug-likeness (QED) is 0.504. The van der Waals surface area contributed by atoms with E-state index in [1.165, 1.54) is 19.1 Å². The summed E-state index contributed by atoms with van der Waals surface area (Å²) in [6.45, 7) is 1.71. The molecule has 0 saturated heterocycles. The fraction of sp³-hybridized carbons (Fsp3) is 0.273. The van der Waals surface area contributed by atoms with Gasteiger partial charge in [0.1, 0.15) is 12.3 Å². The van der Waals surface area contributed by atoms with Gasteiger partial charge in [-0.1, -0.05) is 35.5 Å². The Morgan fingerprint density at radius 2 is 1.74 bits per heavy atom. The number of ether oxygens (including phenoxy) is 3. The van der Waals surface area contributed by atoms with Crippen molar-refractivity contribution < 1.29 is 28.3 Å². The average molecular weight is 425 g/mol.